The lowest BCUT2D eigenvalue weighted by molar-refractivity contribution is -0.0106. The van der Waals surface area contributed by atoms with Crippen molar-refractivity contribution in [2.45, 2.75) is 57.7 Å². The van der Waals surface area contributed by atoms with Crippen LogP contribution in [0.3, 0.4) is 0 Å². The van der Waals surface area contributed by atoms with Gasteiger partial charge in [-0.05, 0) is 25.8 Å². The fourth-order valence-electron chi connectivity index (χ4n) is 3.24. The van der Waals surface area contributed by atoms with E-state index < -0.39 is 0 Å². The van der Waals surface area contributed by atoms with E-state index >= 15 is 0 Å². The molecule has 1 N–H and O–H groups in total. The van der Waals surface area contributed by atoms with Crippen molar-refractivity contribution in [1.82, 2.24) is 10.3 Å². The number of ether oxygens (including phenoxy) is 1. The first-order valence-corrected chi connectivity index (χ1v) is 7.92. The van der Waals surface area contributed by atoms with E-state index in [0.717, 1.165) is 44.4 Å². The number of morpholine rings is 1. The number of hydrogen-bond donors (Lipinski definition) is 1. The maximum absolute atomic E-state index is 5.90. The van der Waals surface area contributed by atoms with Crippen molar-refractivity contribution >= 4 is 6.01 Å². The van der Waals surface area contributed by atoms with Gasteiger partial charge in [-0.2, -0.15) is 4.98 Å². The Morgan fingerprint density at radius 2 is 2.30 bits per heavy atom. The number of fused-ring (bicyclic) bond motifs is 1. The Hall–Kier alpha value is -1.07. The van der Waals surface area contributed by atoms with Crippen LogP contribution >= 0.6 is 0 Å². The predicted octanol–water partition coefficient (Wildman–Crippen LogP) is 2.32. The third-order valence-electron chi connectivity index (χ3n) is 4.25. The maximum atomic E-state index is 5.90. The van der Waals surface area contributed by atoms with Crippen molar-refractivity contribution < 1.29 is 9.15 Å². The second kappa shape index (κ2) is 6.59. The summed E-state index contributed by atoms with van der Waals surface area (Å²) in [5.74, 6) is 0. The molecule has 2 heterocycles. The molecule has 20 heavy (non-hydrogen) atoms. The van der Waals surface area contributed by atoms with Crippen LogP contribution in [0.5, 0.6) is 0 Å². The fraction of sp³-hybridized carbons (Fsp3) is 0.800. The zero-order valence-corrected chi connectivity index (χ0v) is 12.3. The summed E-state index contributed by atoms with van der Waals surface area (Å²) in [6, 6.07) is 1.23. The highest BCUT2D eigenvalue weighted by molar-refractivity contribution is 5.31. The van der Waals surface area contributed by atoms with E-state index in [9.17, 15) is 0 Å². The summed E-state index contributed by atoms with van der Waals surface area (Å²) in [6.07, 6.45) is 8.22. The molecule has 1 aromatic rings. The van der Waals surface area contributed by atoms with Gasteiger partial charge in [-0.25, -0.2) is 0 Å². The molecule has 0 spiro atoms. The van der Waals surface area contributed by atoms with E-state index in [1.165, 1.54) is 25.7 Å². The number of rotatable bonds is 5. The fourth-order valence-corrected chi connectivity index (χ4v) is 3.24. The number of hydrogen-bond acceptors (Lipinski definition) is 5. The molecule has 1 saturated heterocycles. The molecule has 112 valence electrons. The smallest absolute Gasteiger partial charge is 0.297 e. The van der Waals surface area contributed by atoms with E-state index in [1.807, 2.05) is 0 Å². The average Bonchev–Trinajstić information content (AvgIpc) is 2.96. The third-order valence-corrected chi connectivity index (χ3v) is 4.25. The van der Waals surface area contributed by atoms with Crippen LogP contribution < -0.4 is 10.2 Å². The normalized spacial score (nSPS) is 26.6. The van der Waals surface area contributed by atoms with Gasteiger partial charge < -0.3 is 19.4 Å². The van der Waals surface area contributed by atoms with Crippen LogP contribution in [0.15, 0.2) is 10.7 Å². The van der Waals surface area contributed by atoms with Gasteiger partial charge in [-0.15, -0.1) is 0 Å². The molecule has 0 bridgehead atoms. The summed E-state index contributed by atoms with van der Waals surface area (Å²) >= 11 is 0. The first-order chi connectivity index (χ1) is 9.88. The molecule has 0 aromatic carbocycles. The van der Waals surface area contributed by atoms with Crippen LogP contribution in [0, 0.1) is 0 Å². The van der Waals surface area contributed by atoms with Crippen LogP contribution in [0.2, 0.25) is 0 Å². The molecule has 2 atom stereocenters. The average molecular weight is 279 g/mol. The standard InChI is InChI=1S/C15H25N3O2/c1-2-7-16-10-12-11-20-15(17-12)18-8-9-19-14-6-4-3-5-13(14)18/h11,13-14,16H,2-10H2,1H3. The molecule has 1 aliphatic heterocycles. The summed E-state index contributed by atoms with van der Waals surface area (Å²) in [4.78, 5) is 6.95. The zero-order chi connectivity index (χ0) is 13.8. The van der Waals surface area contributed by atoms with Crippen LogP contribution in [0.4, 0.5) is 6.01 Å². The van der Waals surface area contributed by atoms with Crippen LogP contribution in [0.25, 0.3) is 0 Å². The van der Waals surface area contributed by atoms with Crippen molar-refractivity contribution in [2.24, 2.45) is 0 Å². The van der Waals surface area contributed by atoms with E-state index in [4.69, 9.17) is 9.15 Å². The Morgan fingerprint density at radius 1 is 1.40 bits per heavy atom. The molecule has 2 unspecified atom stereocenters. The van der Waals surface area contributed by atoms with Gasteiger partial charge in [0.2, 0.25) is 0 Å². The Morgan fingerprint density at radius 3 is 3.20 bits per heavy atom. The minimum atomic E-state index is 0.367. The molecular weight excluding hydrogens is 254 g/mol. The zero-order valence-electron chi connectivity index (χ0n) is 12.3. The molecule has 2 aliphatic rings. The summed E-state index contributed by atoms with van der Waals surface area (Å²) < 4.78 is 11.6. The Kier molecular flexibility index (Phi) is 4.58. The quantitative estimate of drug-likeness (QED) is 0.838. The van der Waals surface area contributed by atoms with E-state index in [1.54, 1.807) is 6.26 Å². The molecule has 1 aromatic heterocycles. The first-order valence-electron chi connectivity index (χ1n) is 7.92. The number of nitrogens with zero attached hydrogens (tertiary/aromatic N) is 2. The second-order valence-corrected chi connectivity index (χ2v) is 5.75. The molecule has 5 heteroatoms. The number of aromatic nitrogens is 1. The number of nitrogens with one attached hydrogen (secondary N) is 1. The van der Waals surface area contributed by atoms with Crippen molar-refractivity contribution in [1.29, 1.82) is 0 Å². The topological polar surface area (TPSA) is 50.5 Å². The highest BCUT2D eigenvalue weighted by atomic mass is 16.5. The summed E-state index contributed by atoms with van der Waals surface area (Å²) in [5.41, 5.74) is 0.993. The highest BCUT2D eigenvalue weighted by Gasteiger charge is 2.36. The minimum Gasteiger partial charge on any atom is -0.432 e. The van der Waals surface area contributed by atoms with Crippen molar-refractivity contribution in [3.8, 4) is 0 Å². The van der Waals surface area contributed by atoms with E-state index in [-0.39, 0.29) is 0 Å². The lowest BCUT2D eigenvalue weighted by Crippen LogP contribution is -2.53. The first kappa shape index (κ1) is 13.9. The minimum absolute atomic E-state index is 0.367. The lowest BCUT2D eigenvalue weighted by Gasteiger charge is -2.42. The molecule has 0 radical (unpaired) electrons. The largest absolute Gasteiger partial charge is 0.432 e. The third kappa shape index (κ3) is 2.99. The summed E-state index contributed by atoms with van der Waals surface area (Å²) in [6.45, 7) is 5.65. The van der Waals surface area contributed by atoms with Gasteiger partial charge in [0.05, 0.1) is 24.4 Å². The Balaban J connectivity index is 1.65. The summed E-state index contributed by atoms with van der Waals surface area (Å²) in [7, 11) is 0. The Bertz CT molecular complexity index is 419. The van der Waals surface area contributed by atoms with Gasteiger partial charge in [0.25, 0.3) is 6.01 Å². The molecule has 1 saturated carbocycles. The van der Waals surface area contributed by atoms with Gasteiger partial charge in [0.15, 0.2) is 0 Å². The lowest BCUT2D eigenvalue weighted by atomic mass is 9.90. The maximum Gasteiger partial charge on any atom is 0.297 e. The molecule has 1 aliphatic carbocycles. The van der Waals surface area contributed by atoms with Crippen molar-refractivity contribution in [3.05, 3.63) is 12.0 Å². The molecular formula is C15H25N3O2. The van der Waals surface area contributed by atoms with Crippen molar-refractivity contribution in [2.75, 3.05) is 24.6 Å². The van der Waals surface area contributed by atoms with E-state index in [0.29, 0.717) is 12.1 Å². The monoisotopic (exact) mass is 279 g/mol. The van der Waals surface area contributed by atoms with Crippen molar-refractivity contribution in [3.63, 3.8) is 0 Å². The molecule has 0 amide bonds. The second-order valence-electron chi connectivity index (χ2n) is 5.75. The van der Waals surface area contributed by atoms with E-state index in [2.05, 4.69) is 22.1 Å². The van der Waals surface area contributed by atoms with Crippen LogP contribution in [0.1, 0.15) is 44.7 Å². The van der Waals surface area contributed by atoms with Crippen LogP contribution in [-0.4, -0.2) is 36.8 Å². The van der Waals surface area contributed by atoms with Gasteiger partial charge in [-0.3, -0.25) is 0 Å². The predicted molar refractivity (Wildman–Crippen MR) is 77.8 cm³/mol. The SMILES string of the molecule is CCCNCc1coc(N2CCOC3CCCCC32)n1. The van der Waals surface area contributed by atoms with Gasteiger partial charge in [0.1, 0.15) is 6.26 Å². The molecule has 5 nitrogen and oxygen atoms in total. The molecule has 2 fully saturated rings. The summed E-state index contributed by atoms with van der Waals surface area (Å²) in [5, 5.41) is 3.36. The number of oxazole rings is 1. The Labute approximate surface area is 120 Å². The molecule has 3 rings (SSSR count). The van der Waals surface area contributed by atoms with Gasteiger partial charge in [0, 0.05) is 13.1 Å². The van der Waals surface area contributed by atoms with Gasteiger partial charge in [-0.1, -0.05) is 19.8 Å². The van der Waals surface area contributed by atoms with Gasteiger partial charge >= 0.3 is 0 Å². The van der Waals surface area contributed by atoms with Crippen LogP contribution in [-0.2, 0) is 11.3 Å². The number of anilines is 1. The highest BCUT2D eigenvalue weighted by Crippen LogP contribution is 2.31.